The van der Waals surface area contributed by atoms with Crippen LogP contribution >= 0.6 is 0 Å². The topological polar surface area (TPSA) is 77.5 Å². The van der Waals surface area contributed by atoms with E-state index in [0.717, 1.165) is 11.4 Å². The number of hydrogen-bond acceptors (Lipinski definition) is 6. The van der Waals surface area contributed by atoms with Crippen LogP contribution in [0.15, 0.2) is 48.5 Å². The average Bonchev–Trinajstić information content (AvgIpc) is 3.68. The molecule has 2 bridgehead atoms. The third-order valence-electron chi connectivity index (χ3n) is 8.40. The van der Waals surface area contributed by atoms with Gasteiger partial charge in [-0.3, -0.25) is 9.80 Å². The molecule has 2 heterocycles. The standard InChI is InChI=1S/C28H32N2O6/c1-33-16-23-14-29(27(31)35-23)21-7-3-17(4-8-21)24-12-20-11-19(24)13-25(20)18-5-9-22(10-6-18)30-15-26(34-2)36-28(30)32/h3-10,19-20,23-26H,11-16H2,1-2H3. The summed E-state index contributed by atoms with van der Waals surface area (Å²) in [4.78, 5) is 27.6. The van der Waals surface area contributed by atoms with Crippen LogP contribution in [0.5, 0.6) is 0 Å². The van der Waals surface area contributed by atoms with Gasteiger partial charge in [-0.25, -0.2) is 9.59 Å². The second kappa shape index (κ2) is 9.41. The van der Waals surface area contributed by atoms with Gasteiger partial charge in [0.15, 0.2) is 0 Å². The first-order chi connectivity index (χ1) is 17.5. The quantitative estimate of drug-likeness (QED) is 0.548. The van der Waals surface area contributed by atoms with Gasteiger partial charge >= 0.3 is 12.2 Å². The molecule has 8 nitrogen and oxygen atoms in total. The minimum atomic E-state index is -0.509. The maximum Gasteiger partial charge on any atom is 0.416 e. The van der Waals surface area contributed by atoms with E-state index in [0.29, 0.717) is 43.4 Å². The SMILES string of the molecule is COCC1CN(c2ccc(C3CC4CC3CC4c3ccc(N4CC(OC)OC4=O)cc3)cc2)C(=O)O1. The molecular formula is C28H32N2O6. The Kier molecular flexibility index (Phi) is 6.09. The van der Waals surface area contributed by atoms with E-state index in [-0.39, 0.29) is 18.3 Å². The smallest absolute Gasteiger partial charge is 0.416 e. The lowest BCUT2D eigenvalue weighted by atomic mass is 9.76. The van der Waals surface area contributed by atoms with Gasteiger partial charge in [-0.15, -0.1) is 0 Å². The van der Waals surface area contributed by atoms with E-state index >= 15 is 0 Å². The number of cyclic esters (lactones) is 2. The highest BCUT2D eigenvalue weighted by molar-refractivity contribution is 5.90. The molecule has 0 spiro atoms. The van der Waals surface area contributed by atoms with Crippen molar-refractivity contribution < 1.29 is 28.5 Å². The fourth-order valence-corrected chi connectivity index (χ4v) is 6.67. The number of benzene rings is 2. The largest absolute Gasteiger partial charge is 0.441 e. The van der Waals surface area contributed by atoms with Gasteiger partial charge in [-0.2, -0.15) is 0 Å². The van der Waals surface area contributed by atoms with Crippen LogP contribution in [0.3, 0.4) is 0 Å². The zero-order chi connectivity index (χ0) is 24.8. The molecule has 6 rings (SSSR count). The van der Waals surface area contributed by atoms with E-state index in [1.807, 2.05) is 24.3 Å². The first-order valence-electron chi connectivity index (χ1n) is 12.7. The minimum absolute atomic E-state index is 0.217. The normalized spacial score (nSPS) is 31.3. The van der Waals surface area contributed by atoms with Crippen molar-refractivity contribution >= 4 is 23.6 Å². The van der Waals surface area contributed by atoms with Crippen LogP contribution in [-0.4, -0.2) is 58.5 Å². The molecule has 2 saturated heterocycles. The number of ether oxygens (including phenoxy) is 4. The number of nitrogens with zero attached hydrogens (tertiary/aromatic N) is 2. The van der Waals surface area contributed by atoms with Gasteiger partial charge in [-0.05, 0) is 78.3 Å². The monoisotopic (exact) mass is 492 g/mol. The summed E-state index contributed by atoms with van der Waals surface area (Å²) in [6, 6.07) is 16.9. The molecule has 36 heavy (non-hydrogen) atoms. The molecule has 2 aliphatic carbocycles. The summed E-state index contributed by atoms with van der Waals surface area (Å²) >= 11 is 0. The van der Waals surface area contributed by atoms with Crippen LogP contribution in [0.25, 0.3) is 0 Å². The van der Waals surface area contributed by atoms with Gasteiger partial charge in [0.1, 0.15) is 6.10 Å². The van der Waals surface area contributed by atoms with Crippen molar-refractivity contribution in [2.45, 2.75) is 43.5 Å². The highest BCUT2D eigenvalue weighted by Crippen LogP contribution is 2.59. The van der Waals surface area contributed by atoms with Crippen LogP contribution in [0.4, 0.5) is 21.0 Å². The Morgan fingerprint density at radius 1 is 0.750 bits per heavy atom. The van der Waals surface area contributed by atoms with Gasteiger partial charge in [0, 0.05) is 25.6 Å². The van der Waals surface area contributed by atoms with Crippen LogP contribution in [0.2, 0.25) is 0 Å². The lowest BCUT2D eigenvalue weighted by Crippen LogP contribution is -2.25. The predicted octanol–water partition coefficient (Wildman–Crippen LogP) is 4.88. The number of anilines is 2. The molecule has 2 aliphatic heterocycles. The summed E-state index contributed by atoms with van der Waals surface area (Å²) in [5.41, 5.74) is 4.44. The molecule has 4 aliphatic rings. The Bertz CT molecular complexity index is 1120. The molecule has 190 valence electrons. The Morgan fingerprint density at radius 2 is 1.28 bits per heavy atom. The third kappa shape index (κ3) is 4.12. The molecule has 0 N–H and O–H groups in total. The van der Waals surface area contributed by atoms with Gasteiger partial charge < -0.3 is 18.9 Å². The number of rotatable bonds is 7. The van der Waals surface area contributed by atoms with Crippen molar-refractivity contribution in [1.82, 2.24) is 0 Å². The Labute approximate surface area is 211 Å². The zero-order valence-corrected chi connectivity index (χ0v) is 20.7. The number of hydrogen-bond donors (Lipinski definition) is 0. The Hall–Kier alpha value is -3.10. The lowest BCUT2D eigenvalue weighted by molar-refractivity contribution is -0.0488. The fraction of sp³-hybridized carbons (Fsp3) is 0.500. The van der Waals surface area contributed by atoms with Gasteiger partial charge in [-0.1, -0.05) is 24.3 Å². The number of carbonyl (C=O) groups excluding carboxylic acids is 2. The molecule has 2 aromatic carbocycles. The van der Waals surface area contributed by atoms with Crippen molar-refractivity contribution in [3.05, 3.63) is 59.7 Å². The number of methoxy groups -OCH3 is 2. The van der Waals surface area contributed by atoms with Crippen LogP contribution in [0, 0.1) is 11.8 Å². The summed E-state index contributed by atoms with van der Waals surface area (Å²) < 4.78 is 20.8. The van der Waals surface area contributed by atoms with E-state index in [1.54, 1.807) is 24.0 Å². The number of amides is 2. The Balaban J connectivity index is 1.08. The molecule has 2 aromatic rings. The van der Waals surface area contributed by atoms with Gasteiger partial charge in [0.05, 0.1) is 19.7 Å². The van der Waals surface area contributed by atoms with Gasteiger partial charge in [0.2, 0.25) is 6.29 Å². The fourth-order valence-electron chi connectivity index (χ4n) is 6.67. The minimum Gasteiger partial charge on any atom is -0.441 e. The van der Waals surface area contributed by atoms with Crippen LogP contribution in [0.1, 0.15) is 42.2 Å². The van der Waals surface area contributed by atoms with E-state index in [9.17, 15) is 9.59 Å². The van der Waals surface area contributed by atoms with Gasteiger partial charge in [0.25, 0.3) is 0 Å². The molecule has 8 heteroatoms. The first-order valence-corrected chi connectivity index (χ1v) is 12.7. The summed E-state index contributed by atoms with van der Waals surface area (Å²) in [5, 5.41) is 0. The molecule has 2 amide bonds. The molecular weight excluding hydrogens is 460 g/mol. The summed E-state index contributed by atoms with van der Waals surface area (Å²) in [6.07, 6.45) is 2.23. The zero-order valence-electron chi connectivity index (χ0n) is 20.7. The van der Waals surface area contributed by atoms with Crippen molar-refractivity contribution in [2.24, 2.45) is 11.8 Å². The third-order valence-corrected chi connectivity index (χ3v) is 8.40. The molecule has 6 unspecified atom stereocenters. The Morgan fingerprint density at radius 3 is 1.75 bits per heavy atom. The van der Waals surface area contributed by atoms with E-state index in [1.165, 1.54) is 30.4 Å². The van der Waals surface area contributed by atoms with E-state index in [2.05, 4.69) is 24.3 Å². The second-order valence-electron chi connectivity index (χ2n) is 10.4. The highest BCUT2D eigenvalue weighted by Gasteiger charge is 2.46. The van der Waals surface area contributed by atoms with E-state index < -0.39 is 6.29 Å². The van der Waals surface area contributed by atoms with Crippen molar-refractivity contribution in [2.75, 3.05) is 43.7 Å². The van der Waals surface area contributed by atoms with E-state index in [4.69, 9.17) is 18.9 Å². The summed E-state index contributed by atoms with van der Waals surface area (Å²) in [6.45, 7) is 1.34. The average molecular weight is 493 g/mol. The number of fused-ring (bicyclic) bond motifs is 2. The van der Waals surface area contributed by atoms with Crippen LogP contribution < -0.4 is 9.80 Å². The molecule has 2 saturated carbocycles. The van der Waals surface area contributed by atoms with Crippen molar-refractivity contribution in [1.29, 1.82) is 0 Å². The van der Waals surface area contributed by atoms with Crippen molar-refractivity contribution in [3.63, 3.8) is 0 Å². The molecule has 4 fully saturated rings. The molecule has 0 aromatic heterocycles. The maximum absolute atomic E-state index is 12.2. The maximum atomic E-state index is 12.2. The lowest BCUT2D eigenvalue weighted by Gasteiger charge is -2.29. The van der Waals surface area contributed by atoms with Crippen LogP contribution in [-0.2, 0) is 18.9 Å². The first kappa shape index (κ1) is 23.3. The summed E-state index contributed by atoms with van der Waals surface area (Å²) in [5.74, 6) is 2.47. The highest BCUT2D eigenvalue weighted by atomic mass is 16.7. The number of carbonyl (C=O) groups is 2. The van der Waals surface area contributed by atoms with Crippen molar-refractivity contribution in [3.8, 4) is 0 Å². The molecule has 6 atom stereocenters. The second-order valence-corrected chi connectivity index (χ2v) is 10.4. The predicted molar refractivity (Wildman–Crippen MR) is 133 cm³/mol. The molecule has 0 radical (unpaired) electrons. The summed E-state index contributed by atoms with van der Waals surface area (Å²) in [7, 11) is 3.16.